The summed E-state index contributed by atoms with van der Waals surface area (Å²) in [4.78, 5) is 25.4. The average molecular weight is 328 g/mol. The van der Waals surface area contributed by atoms with Crippen LogP contribution in [0.5, 0.6) is 0 Å². The Hall–Kier alpha value is -2.70. The summed E-state index contributed by atoms with van der Waals surface area (Å²) in [5, 5.41) is 16.3. The van der Waals surface area contributed by atoms with Crippen LogP contribution in [0, 0.1) is 6.92 Å². The van der Waals surface area contributed by atoms with Crippen LogP contribution in [0.4, 0.5) is 0 Å². The summed E-state index contributed by atoms with van der Waals surface area (Å²) in [5.41, 5.74) is 1.45. The van der Waals surface area contributed by atoms with Gasteiger partial charge in [0, 0.05) is 13.1 Å². The third-order valence-corrected chi connectivity index (χ3v) is 4.56. The number of nitrogens with zero attached hydrogens (tertiary/aromatic N) is 4. The predicted octanol–water partition coefficient (Wildman–Crippen LogP) is 1.65. The first-order chi connectivity index (χ1) is 11.3. The highest BCUT2D eigenvalue weighted by Crippen LogP contribution is 2.30. The maximum absolute atomic E-state index is 12.8. The fraction of sp³-hybridized carbons (Fsp3) is 0.412. The highest BCUT2D eigenvalue weighted by atomic mass is 16.4. The van der Waals surface area contributed by atoms with Crippen LogP contribution in [-0.2, 0) is 10.2 Å². The van der Waals surface area contributed by atoms with Gasteiger partial charge < -0.3 is 10.0 Å². The highest BCUT2D eigenvalue weighted by molar-refractivity contribution is 5.88. The van der Waals surface area contributed by atoms with Gasteiger partial charge in [-0.05, 0) is 26.3 Å². The number of benzene rings is 1. The molecule has 1 aliphatic heterocycles. The van der Waals surface area contributed by atoms with Crippen LogP contribution in [0.1, 0.15) is 41.5 Å². The molecule has 1 aromatic heterocycles. The van der Waals surface area contributed by atoms with Gasteiger partial charge in [-0.1, -0.05) is 35.0 Å². The van der Waals surface area contributed by atoms with Crippen molar-refractivity contribution < 1.29 is 14.7 Å². The number of amides is 1. The number of rotatable bonds is 4. The monoisotopic (exact) mass is 328 g/mol. The van der Waals surface area contributed by atoms with E-state index in [-0.39, 0.29) is 17.6 Å². The molecule has 7 nitrogen and oxygen atoms in total. The fourth-order valence-electron chi connectivity index (χ4n) is 2.83. The predicted molar refractivity (Wildman–Crippen MR) is 86.8 cm³/mol. The summed E-state index contributed by atoms with van der Waals surface area (Å²) >= 11 is 0. The van der Waals surface area contributed by atoms with Crippen molar-refractivity contribution >= 4 is 11.9 Å². The lowest BCUT2D eigenvalue weighted by Gasteiger charge is -2.43. The van der Waals surface area contributed by atoms with Gasteiger partial charge in [0.25, 0.3) is 0 Å². The topological polar surface area (TPSA) is 88.3 Å². The van der Waals surface area contributed by atoms with E-state index in [1.165, 1.54) is 10.9 Å². The Kier molecular flexibility index (Phi) is 3.87. The quantitative estimate of drug-likeness (QED) is 0.922. The molecule has 7 heteroatoms. The Morgan fingerprint density at radius 2 is 1.83 bits per heavy atom. The zero-order chi connectivity index (χ0) is 17.5. The van der Waals surface area contributed by atoms with E-state index in [0.29, 0.717) is 13.1 Å². The number of likely N-dealkylation sites (tertiary alicyclic amines) is 1. The minimum Gasteiger partial charge on any atom is -0.476 e. The van der Waals surface area contributed by atoms with E-state index >= 15 is 0 Å². The van der Waals surface area contributed by atoms with Crippen LogP contribution in [0.3, 0.4) is 0 Å². The Morgan fingerprint density at radius 3 is 2.38 bits per heavy atom. The van der Waals surface area contributed by atoms with Crippen molar-refractivity contribution in [1.29, 1.82) is 0 Å². The number of carboxylic acids is 1. The summed E-state index contributed by atoms with van der Waals surface area (Å²) in [6.07, 6.45) is 1.40. The Morgan fingerprint density at radius 1 is 1.21 bits per heavy atom. The van der Waals surface area contributed by atoms with Gasteiger partial charge >= 0.3 is 5.97 Å². The highest BCUT2D eigenvalue weighted by Gasteiger charge is 2.40. The molecule has 24 heavy (non-hydrogen) atoms. The van der Waals surface area contributed by atoms with Crippen LogP contribution >= 0.6 is 0 Å². The van der Waals surface area contributed by atoms with Gasteiger partial charge in [-0.15, -0.1) is 5.10 Å². The first kappa shape index (κ1) is 16.2. The zero-order valence-corrected chi connectivity index (χ0v) is 13.9. The molecule has 126 valence electrons. The molecule has 0 unspecified atom stereocenters. The van der Waals surface area contributed by atoms with E-state index in [2.05, 4.69) is 10.3 Å². The van der Waals surface area contributed by atoms with Gasteiger partial charge in [0.05, 0.1) is 17.7 Å². The van der Waals surface area contributed by atoms with Crippen molar-refractivity contribution in [2.75, 3.05) is 13.1 Å². The Balaban J connectivity index is 1.67. The van der Waals surface area contributed by atoms with E-state index in [1.807, 2.05) is 45.0 Å². The zero-order valence-electron chi connectivity index (χ0n) is 13.9. The van der Waals surface area contributed by atoms with Gasteiger partial charge in [0.2, 0.25) is 5.91 Å². The normalized spacial score (nSPS) is 15.2. The number of aromatic nitrogens is 3. The minimum absolute atomic E-state index is 0.0247. The lowest BCUT2D eigenvalue weighted by molar-refractivity contribution is -0.142. The second-order valence-electron chi connectivity index (χ2n) is 6.74. The van der Waals surface area contributed by atoms with E-state index in [4.69, 9.17) is 5.11 Å². The first-order valence-corrected chi connectivity index (χ1v) is 7.80. The van der Waals surface area contributed by atoms with Crippen molar-refractivity contribution in [2.24, 2.45) is 0 Å². The van der Waals surface area contributed by atoms with E-state index in [9.17, 15) is 9.59 Å². The second-order valence-corrected chi connectivity index (χ2v) is 6.74. The number of carbonyl (C=O) groups excluding carboxylic acids is 1. The van der Waals surface area contributed by atoms with Crippen molar-refractivity contribution in [3.63, 3.8) is 0 Å². The number of aromatic carboxylic acids is 1. The summed E-state index contributed by atoms with van der Waals surface area (Å²) in [6.45, 7) is 6.88. The summed E-state index contributed by atoms with van der Waals surface area (Å²) in [7, 11) is 0. The van der Waals surface area contributed by atoms with E-state index < -0.39 is 11.4 Å². The van der Waals surface area contributed by atoms with Crippen molar-refractivity contribution in [2.45, 2.75) is 32.2 Å². The second kappa shape index (κ2) is 5.74. The molecule has 1 saturated heterocycles. The molecule has 0 spiro atoms. The maximum Gasteiger partial charge on any atom is 0.358 e. The minimum atomic E-state index is -1.10. The molecule has 0 bridgehead atoms. The molecule has 1 aromatic carbocycles. The van der Waals surface area contributed by atoms with Gasteiger partial charge in [-0.2, -0.15) is 0 Å². The van der Waals surface area contributed by atoms with Crippen LogP contribution in [0.2, 0.25) is 0 Å². The smallest absolute Gasteiger partial charge is 0.358 e. The number of carboxylic acid groups (broad SMARTS) is 1. The van der Waals surface area contributed by atoms with Gasteiger partial charge in [-0.3, -0.25) is 4.79 Å². The molecule has 1 N–H and O–H groups in total. The SMILES string of the molecule is Cc1ccc(C(C)(C)C(=O)N2CC(n3cc(C(=O)O)nn3)C2)cc1. The summed E-state index contributed by atoms with van der Waals surface area (Å²) < 4.78 is 1.52. The Labute approximate surface area is 139 Å². The molecule has 1 aliphatic rings. The largest absolute Gasteiger partial charge is 0.476 e. The molecule has 0 radical (unpaired) electrons. The van der Waals surface area contributed by atoms with E-state index in [1.54, 1.807) is 4.90 Å². The van der Waals surface area contributed by atoms with Crippen LogP contribution in [0.25, 0.3) is 0 Å². The lowest BCUT2D eigenvalue weighted by Crippen LogP contribution is -2.55. The van der Waals surface area contributed by atoms with Crippen molar-refractivity contribution in [3.05, 3.63) is 47.3 Å². The molecule has 2 aromatic rings. The molecule has 0 saturated carbocycles. The molecule has 1 amide bonds. The standard InChI is InChI=1S/C17H20N4O3/c1-11-4-6-12(7-5-11)17(2,3)16(24)20-8-13(9-20)21-10-14(15(22)23)18-19-21/h4-7,10,13H,8-9H2,1-3H3,(H,22,23). The van der Waals surface area contributed by atoms with Crippen molar-refractivity contribution in [3.8, 4) is 0 Å². The van der Waals surface area contributed by atoms with Crippen LogP contribution in [-0.4, -0.2) is 50.0 Å². The van der Waals surface area contributed by atoms with Crippen LogP contribution < -0.4 is 0 Å². The van der Waals surface area contributed by atoms with Gasteiger partial charge in [-0.25, -0.2) is 9.48 Å². The molecule has 0 aliphatic carbocycles. The van der Waals surface area contributed by atoms with E-state index in [0.717, 1.165) is 11.1 Å². The lowest BCUT2D eigenvalue weighted by atomic mass is 9.82. The fourth-order valence-corrected chi connectivity index (χ4v) is 2.83. The third-order valence-electron chi connectivity index (χ3n) is 4.56. The molecule has 3 rings (SSSR count). The maximum atomic E-state index is 12.8. The van der Waals surface area contributed by atoms with Crippen LogP contribution in [0.15, 0.2) is 30.5 Å². The first-order valence-electron chi connectivity index (χ1n) is 7.80. The summed E-state index contributed by atoms with van der Waals surface area (Å²) in [5.74, 6) is -1.05. The molecular formula is C17H20N4O3. The molecule has 0 atom stereocenters. The third kappa shape index (κ3) is 2.77. The molecular weight excluding hydrogens is 308 g/mol. The van der Waals surface area contributed by atoms with Gasteiger partial charge in [0.1, 0.15) is 0 Å². The van der Waals surface area contributed by atoms with Crippen molar-refractivity contribution in [1.82, 2.24) is 19.9 Å². The Bertz CT molecular complexity index is 773. The number of carbonyl (C=O) groups is 2. The van der Waals surface area contributed by atoms with Gasteiger partial charge in [0.15, 0.2) is 5.69 Å². The summed E-state index contributed by atoms with van der Waals surface area (Å²) in [6, 6.07) is 7.96. The number of hydrogen-bond donors (Lipinski definition) is 1. The number of aryl methyl sites for hydroxylation is 1. The average Bonchev–Trinajstić information content (AvgIpc) is 2.96. The molecule has 1 fully saturated rings. The number of hydrogen-bond acceptors (Lipinski definition) is 4. The molecule has 2 heterocycles.